The molecule has 0 aliphatic rings. The van der Waals surface area contributed by atoms with Gasteiger partial charge in [0.05, 0.1) is 0 Å². The first kappa shape index (κ1) is 16.2. The van der Waals surface area contributed by atoms with Crippen LogP contribution in [0.25, 0.3) is 0 Å². The number of hydrogen-bond acceptors (Lipinski definition) is 4. The van der Waals surface area contributed by atoms with E-state index >= 15 is 0 Å². The lowest BCUT2D eigenvalue weighted by molar-refractivity contribution is 0.102. The highest BCUT2D eigenvalue weighted by Gasteiger charge is 2.10. The zero-order valence-electron chi connectivity index (χ0n) is 12.9. The Labute approximate surface area is 135 Å². The monoisotopic (exact) mass is 318 g/mol. The first-order chi connectivity index (χ1) is 10.5. The summed E-state index contributed by atoms with van der Waals surface area (Å²) < 4.78 is 0. The van der Waals surface area contributed by atoms with Crippen LogP contribution in [0.2, 0.25) is 5.02 Å². The van der Waals surface area contributed by atoms with Gasteiger partial charge in [0, 0.05) is 23.3 Å². The Bertz CT molecular complexity index is 673. The highest BCUT2D eigenvalue weighted by atomic mass is 35.5. The summed E-state index contributed by atoms with van der Waals surface area (Å²) in [4.78, 5) is 20.3. The Hall–Kier alpha value is -2.14. The molecule has 1 aromatic carbocycles. The summed E-state index contributed by atoms with van der Waals surface area (Å²) in [6.45, 7) is 6.89. The number of aromatic nitrogens is 2. The summed E-state index contributed by atoms with van der Waals surface area (Å²) in [6, 6.07) is 7.01. The van der Waals surface area contributed by atoms with Gasteiger partial charge in [-0.3, -0.25) is 4.79 Å². The average molecular weight is 319 g/mol. The number of aryl methyl sites for hydroxylation is 1. The van der Waals surface area contributed by atoms with Crippen LogP contribution in [0.4, 0.5) is 11.5 Å². The zero-order chi connectivity index (χ0) is 16.1. The molecule has 1 amide bonds. The summed E-state index contributed by atoms with van der Waals surface area (Å²) in [7, 11) is 0. The smallest absolute Gasteiger partial charge is 0.274 e. The molecule has 116 valence electrons. The van der Waals surface area contributed by atoms with E-state index in [1.165, 1.54) is 6.33 Å². The molecule has 0 unspecified atom stereocenters. The highest BCUT2D eigenvalue weighted by molar-refractivity contribution is 6.31. The van der Waals surface area contributed by atoms with Gasteiger partial charge in [-0.05, 0) is 30.5 Å². The minimum Gasteiger partial charge on any atom is -0.370 e. The molecular weight excluding hydrogens is 300 g/mol. The van der Waals surface area contributed by atoms with Crippen molar-refractivity contribution in [2.24, 2.45) is 5.92 Å². The second-order valence-electron chi connectivity index (χ2n) is 5.48. The third kappa shape index (κ3) is 4.43. The summed E-state index contributed by atoms with van der Waals surface area (Å²) in [5.74, 6) is 0.827. The van der Waals surface area contributed by atoms with Crippen LogP contribution in [-0.4, -0.2) is 22.4 Å². The zero-order valence-corrected chi connectivity index (χ0v) is 13.6. The molecule has 2 rings (SSSR count). The third-order valence-corrected chi connectivity index (χ3v) is 3.43. The highest BCUT2D eigenvalue weighted by Crippen LogP contribution is 2.20. The van der Waals surface area contributed by atoms with Crippen molar-refractivity contribution in [3.8, 4) is 0 Å². The molecule has 6 heteroatoms. The molecule has 2 N–H and O–H groups in total. The van der Waals surface area contributed by atoms with Crippen molar-refractivity contribution < 1.29 is 4.79 Å². The molecule has 2 aromatic rings. The van der Waals surface area contributed by atoms with Crippen LogP contribution in [0.15, 0.2) is 30.6 Å². The van der Waals surface area contributed by atoms with Crippen LogP contribution in [0.3, 0.4) is 0 Å². The molecule has 0 radical (unpaired) electrons. The molecule has 0 aliphatic carbocycles. The summed E-state index contributed by atoms with van der Waals surface area (Å²) in [5, 5.41) is 6.56. The minimum atomic E-state index is -0.296. The lowest BCUT2D eigenvalue weighted by atomic mass is 10.2. The van der Waals surface area contributed by atoms with E-state index in [9.17, 15) is 4.79 Å². The van der Waals surface area contributed by atoms with Crippen molar-refractivity contribution >= 4 is 29.0 Å². The maximum absolute atomic E-state index is 12.2. The third-order valence-electron chi connectivity index (χ3n) is 3.02. The fourth-order valence-corrected chi connectivity index (χ4v) is 1.93. The predicted octanol–water partition coefficient (Wildman–Crippen LogP) is 3.76. The molecular formula is C16H19ClN4O. The van der Waals surface area contributed by atoms with Crippen LogP contribution in [0.5, 0.6) is 0 Å². The molecule has 0 bridgehead atoms. The largest absolute Gasteiger partial charge is 0.370 e. The molecule has 0 saturated heterocycles. The van der Waals surface area contributed by atoms with Gasteiger partial charge in [-0.2, -0.15) is 0 Å². The van der Waals surface area contributed by atoms with Crippen LogP contribution < -0.4 is 10.6 Å². The molecule has 1 aromatic heterocycles. The molecule has 1 heterocycles. The second-order valence-corrected chi connectivity index (χ2v) is 5.89. The Balaban J connectivity index is 2.08. The van der Waals surface area contributed by atoms with Crippen molar-refractivity contribution in [2.45, 2.75) is 20.8 Å². The summed E-state index contributed by atoms with van der Waals surface area (Å²) >= 11 is 6.05. The number of anilines is 2. The molecule has 0 fully saturated rings. The van der Waals surface area contributed by atoms with Crippen molar-refractivity contribution in [1.29, 1.82) is 0 Å². The predicted molar refractivity (Wildman–Crippen MR) is 89.5 cm³/mol. The standard InChI is InChI=1S/C16H19ClN4O/c1-10(2)8-18-15-7-14(19-9-20-15)16(22)21-12-5-4-11(3)13(17)6-12/h4-7,9-10H,8H2,1-3H3,(H,21,22)(H,18,19,20). The van der Waals surface area contributed by atoms with Gasteiger partial charge in [0.25, 0.3) is 5.91 Å². The van der Waals surface area contributed by atoms with Crippen LogP contribution in [0.1, 0.15) is 29.9 Å². The summed E-state index contributed by atoms with van der Waals surface area (Å²) in [6.07, 6.45) is 1.37. The van der Waals surface area contributed by atoms with Crippen LogP contribution >= 0.6 is 11.6 Å². The fraction of sp³-hybridized carbons (Fsp3) is 0.312. The van der Waals surface area contributed by atoms with Crippen molar-refractivity contribution in [1.82, 2.24) is 9.97 Å². The number of rotatable bonds is 5. The Morgan fingerprint density at radius 2 is 2.05 bits per heavy atom. The van der Waals surface area contributed by atoms with E-state index in [1.807, 2.05) is 13.0 Å². The molecule has 5 nitrogen and oxygen atoms in total. The maximum atomic E-state index is 12.2. The van der Waals surface area contributed by atoms with Crippen LogP contribution in [0, 0.1) is 12.8 Å². The van der Waals surface area contributed by atoms with Gasteiger partial charge in [-0.1, -0.05) is 31.5 Å². The van der Waals surface area contributed by atoms with Gasteiger partial charge >= 0.3 is 0 Å². The summed E-state index contributed by atoms with van der Waals surface area (Å²) in [5.41, 5.74) is 1.90. The topological polar surface area (TPSA) is 66.9 Å². The van der Waals surface area contributed by atoms with E-state index in [2.05, 4.69) is 34.4 Å². The van der Waals surface area contributed by atoms with E-state index in [-0.39, 0.29) is 5.91 Å². The number of carbonyl (C=O) groups excluding carboxylic acids is 1. The lowest BCUT2D eigenvalue weighted by Gasteiger charge is -2.09. The number of halogens is 1. The molecule has 0 spiro atoms. The quantitative estimate of drug-likeness (QED) is 0.881. The van der Waals surface area contributed by atoms with E-state index in [0.29, 0.717) is 28.1 Å². The number of nitrogens with zero attached hydrogens (tertiary/aromatic N) is 2. The van der Waals surface area contributed by atoms with Gasteiger partial charge in [-0.15, -0.1) is 0 Å². The fourth-order valence-electron chi connectivity index (χ4n) is 1.75. The minimum absolute atomic E-state index is 0.296. The first-order valence-electron chi connectivity index (χ1n) is 7.09. The van der Waals surface area contributed by atoms with E-state index < -0.39 is 0 Å². The van der Waals surface area contributed by atoms with E-state index in [1.54, 1.807) is 18.2 Å². The normalized spacial score (nSPS) is 10.6. The number of amides is 1. The van der Waals surface area contributed by atoms with Crippen molar-refractivity contribution in [3.05, 3.63) is 46.9 Å². The Kier molecular flexibility index (Phi) is 5.33. The van der Waals surface area contributed by atoms with Gasteiger partial charge in [-0.25, -0.2) is 9.97 Å². The molecule has 0 atom stereocenters. The molecule has 22 heavy (non-hydrogen) atoms. The lowest BCUT2D eigenvalue weighted by Crippen LogP contribution is -2.15. The van der Waals surface area contributed by atoms with Crippen molar-refractivity contribution in [2.75, 3.05) is 17.2 Å². The maximum Gasteiger partial charge on any atom is 0.274 e. The SMILES string of the molecule is Cc1ccc(NC(=O)c2cc(NCC(C)C)ncn2)cc1Cl. The number of hydrogen-bond donors (Lipinski definition) is 2. The molecule has 0 saturated carbocycles. The van der Waals surface area contributed by atoms with E-state index in [4.69, 9.17) is 11.6 Å². The van der Waals surface area contributed by atoms with E-state index in [0.717, 1.165) is 12.1 Å². The average Bonchev–Trinajstić information content (AvgIpc) is 2.49. The molecule has 0 aliphatic heterocycles. The Morgan fingerprint density at radius 1 is 1.27 bits per heavy atom. The van der Waals surface area contributed by atoms with Gasteiger partial charge in [0.2, 0.25) is 0 Å². The second kappa shape index (κ2) is 7.22. The number of nitrogens with one attached hydrogen (secondary N) is 2. The first-order valence-corrected chi connectivity index (χ1v) is 7.47. The van der Waals surface area contributed by atoms with Crippen molar-refractivity contribution in [3.63, 3.8) is 0 Å². The number of carbonyl (C=O) groups is 1. The van der Waals surface area contributed by atoms with Gasteiger partial charge in [0.1, 0.15) is 17.8 Å². The van der Waals surface area contributed by atoms with Gasteiger partial charge < -0.3 is 10.6 Å². The Morgan fingerprint density at radius 3 is 2.73 bits per heavy atom. The van der Waals surface area contributed by atoms with Gasteiger partial charge in [0.15, 0.2) is 0 Å². The van der Waals surface area contributed by atoms with Crippen LogP contribution in [-0.2, 0) is 0 Å². The number of benzene rings is 1.